The number of carbonyl (C=O) groups is 1. The van der Waals surface area contributed by atoms with E-state index >= 15 is 0 Å². The van der Waals surface area contributed by atoms with E-state index in [1.807, 2.05) is 4.68 Å². The van der Waals surface area contributed by atoms with E-state index in [1.165, 1.54) is 19.3 Å². The van der Waals surface area contributed by atoms with Gasteiger partial charge in [-0.3, -0.25) is 4.79 Å². The van der Waals surface area contributed by atoms with E-state index in [2.05, 4.69) is 31.1 Å². The average Bonchev–Trinajstić information content (AvgIpc) is 2.74. The molecule has 4 heteroatoms. The summed E-state index contributed by atoms with van der Waals surface area (Å²) in [6.07, 6.45) is 7.62. The molecule has 102 valence electrons. The maximum atomic E-state index is 10.9. The molecule has 1 heterocycles. The summed E-state index contributed by atoms with van der Waals surface area (Å²) in [4.78, 5) is 10.9. The van der Waals surface area contributed by atoms with Gasteiger partial charge in [-0.15, -0.1) is 5.10 Å². The van der Waals surface area contributed by atoms with Crippen LogP contribution in [0.15, 0.2) is 0 Å². The van der Waals surface area contributed by atoms with E-state index in [0.29, 0.717) is 11.6 Å². The molecule has 0 saturated heterocycles. The molecule has 1 aromatic heterocycles. The SMILES string of the molecule is CCCCCCn1nnc(C=O)c1CCC(C)C. The summed E-state index contributed by atoms with van der Waals surface area (Å²) in [6, 6.07) is 0. The molecule has 1 aromatic rings. The predicted molar refractivity (Wildman–Crippen MR) is 72.7 cm³/mol. The van der Waals surface area contributed by atoms with Crippen LogP contribution in [0.2, 0.25) is 0 Å². The zero-order chi connectivity index (χ0) is 13.4. The van der Waals surface area contributed by atoms with Gasteiger partial charge in [-0.2, -0.15) is 0 Å². The Morgan fingerprint density at radius 1 is 1.28 bits per heavy atom. The largest absolute Gasteiger partial charge is 0.296 e. The third-order valence-corrected chi connectivity index (χ3v) is 3.16. The Kier molecular flexibility index (Phi) is 6.61. The molecule has 0 saturated carbocycles. The molecule has 0 aliphatic rings. The molecule has 0 fully saturated rings. The van der Waals surface area contributed by atoms with Gasteiger partial charge < -0.3 is 0 Å². The first kappa shape index (κ1) is 14.9. The third kappa shape index (κ3) is 4.59. The van der Waals surface area contributed by atoms with Crippen LogP contribution in [0, 0.1) is 5.92 Å². The van der Waals surface area contributed by atoms with Crippen LogP contribution in [0.5, 0.6) is 0 Å². The Hall–Kier alpha value is -1.19. The van der Waals surface area contributed by atoms with Gasteiger partial charge in [0.05, 0.1) is 5.69 Å². The topological polar surface area (TPSA) is 47.8 Å². The zero-order valence-electron chi connectivity index (χ0n) is 11.9. The predicted octanol–water partition coefficient (Wildman–Crippen LogP) is 3.26. The van der Waals surface area contributed by atoms with Crippen LogP contribution in [-0.2, 0) is 13.0 Å². The molecule has 18 heavy (non-hydrogen) atoms. The Morgan fingerprint density at radius 3 is 2.67 bits per heavy atom. The second-order valence-corrected chi connectivity index (χ2v) is 5.26. The number of nitrogens with zero attached hydrogens (tertiary/aromatic N) is 3. The zero-order valence-corrected chi connectivity index (χ0v) is 11.9. The molecule has 0 amide bonds. The highest BCUT2D eigenvalue weighted by Crippen LogP contribution is 2.12. The van der Waals surface area contributed by atoms with E-state index in [-0.39, 0.29) is 0 Å². The van der Waals surface area contributed by atoms with Crippen molar-refractivity contribution in [1.82, 2.24) is 15.0 Å². The van der Waals surface area contributed by atoms with Gasteiger partial charge in [0, 0.05) is 6.54 Å². The van der Waals surface area contributed by atoms with Gasteiger partial charge >= 0.3 is 0 Å². The highest BCUT2D eigenvalue weighted by atomic mass is 16.1. The van der Waals surface area contributed by atoms with Gasteiger partial charge in [-0.05, 0) is 25.2 Å². The number of unbranched alkanes of at least 4 members (excludes halogenated alkanes) is 3. The Morgan fingerprint density at radius 2 is 2.06 bits per heavy atom. The maximum Gasteiger partial charge on any atom is 0.172 e. The number of carbonyl (C=O) groups excluding carboxylic acids is 1. The molecule has 0 aliphatic carbocycles. The minimum atomic E-state index is 0.520. The second-order valence-electron chi connectivity index (χ2n) is 5.26. The van der Waals surface area contributed by atoms with Crippen molar-refractivity contribution >= 4 is 6.29 Å². The van der Waals surface area contributed by atoms with Crippen LogP contribution >= 0.6 is 0 Å². The van der Waals surface area contributed by atoms with Crippen molar-refractivity contribution in [2.24, 2.45) is 5.92 Å². The number of aryl methyl sites for hydroxylation is 1. The lowest BCUT2D eigenvalue weighted by atomic mass is 10.1. The fraction of sp³-hybridized carbons (Fsp3) is 0.786. The lowest BCUT2D eigenvalue weighted by molar-refractivity contribution is 0.111. The monoisotopic (exact) mass is 251 g/mol. The first-order valence-corrected chi connectivity index (χ1v) is 7.06. The van der Waals surface area contributed by atoms with E-state index in [1.54, 1.807) is 0 Å². The molecule has 4 nitrogen and oxygen atoms in total. The summed E-state index contributed by atoms with van der Waals surface area (Å²) < 4.78 is 1.92. The van der Waals surface area contributed by atoms with Crippen LogP contribution in [-0.4, -0.2) is 21.3 Å². The minimum Gasteiger partial charge on any atom is -0.296 e. The molecule has 0 N–H and O–H groups in total. The third-order valence-electron chi connectivity index (χ3n) is 3.16. The summed E-state index contributed by atoms with van der Waals surface area (Å²) in [5, 5.41) is 8.05. The molecule has 0 aliphatic heterocycles. The van der Waals surface area contributed by atoms with Crippen LogP contribution in [0.25, 0.3) is 0 Å². The highest BCUT2D eigenvalue weighted by Gasteiger charge is 2.12. The lowest BCUT2D eigenvalue weighted by Gasteiger charge is -2.08. The molecule has 0 atom stereocenters. The minimum absolute atomic E-state index is 0.520. The van der Waals surface area contributed by atoms with Crippen LogP contribution in [0.4, 0.5) is 0 Å². The molecule has 0 unspecified atom stereocenters. The number of aldehydes is 1. The number of hydrogen-bond donors (Lipinski definition) is 0. The van der Waals surface area contributed by atoms with E-state index in [0.717, 1.165) is 37.8 Å². The number of hydrogen-bond acceptors (Lipinski definition) is 3. The van der Waals surface area contributed by atoms with Gasteiger partial charge in [0.15, 0.2) is 6.29 Å². The van der Waals surface area contributed by atoms with Crippen molar-refractivity contribution in [2.45, 2.75) is 65.8 Å². The second kappa shape index (κ2) is 8.01. The van der Waals surface area contributed by atoms with Crippen molar-refractivity contribution in [1.29, 1.82) is 0 Å². The Bertz CT molecular complexity index is 358. The molecule has 0 bridgehead atoms. The highest BCUT2D eigenvalue weighted by molar-refractivity contribution is 5.73. The van der Waals surface area contributed by atoms with Crippen molar-refractivity contribution < 1.29 is 4.79 Å². The molecule has 1 rings (SSSR count). The van der Waals surface area contributed by atoms with E-state index < -0.39 is 0 Å². The van der Waals surface area contributed by atoms with Crippen LogP contribution in [0.3, 0.4) is 0 Å². The Labute approximate surface area is 110 Å². The average molecular weight is 251 g/mol. The normalized spacial score (nSPS) is 11.1. The summed E-state index contributed by atoms with van der Waals surface area (Å²) in [5.74, 6) is 0.632. The number of rotatable bonds is 9. The molecular weight excluding hydrogens is 226 g/mol. The summed E-state index contributed by atoms with van der Waals surface area (Å²) >= 11 is 0. The first-order valence-electron chi connectivity index (χ1n) is 7.06. The maximum absolute atomic E-state index is 10.9. The molecule has 0 radical (unpaired) electrons. The summed E-state index contributed by atoms with van der Waals surface area (Å²) in [7, 11) is 0. The van der Waals surface area contributed by atoms with Gasteiger partial charge in [0.2, 0.25) is 0 Å². The van der Waals surface area contributed by atoms with Crippen LogP contribution in [0.1, 0.15) is 69.1 Å². The standard InChI is InChI=1S/C14H25N3O/c1-4-5-6-7-10-17-14(9-8-12(2)3)13(11-18)15-16-17/h11-12H,4-10H2,1-3H3. The lowest BCUT2D eigenvalue weighted by Crippen LogP contribution is -2.08. The van der Waals surface area contributed by atoms with Gasteiger partial charge in [0.1, 0.15) is 5.69 Å². The molecule has 0 aromatic carbocycles. The summed E-state index contributed by atoms with van der Waals surface area (Å²) in [6.45, 7) is 7.47. The van der Waals surface area contributed by atoms with Crippen molar-refractivity contribution in [3.8, 4) is 0 Å². The smallest absolute Gasteiger partial charge is 0.172 e. The molecule has 0 spiro atoms. The van der Waals surface area contributed by atoms with Gasteiger partial charge in [-0.1, -0.05) is 45.2 Å². The Balaban J connectivity index is 2.59. The van der Waals surface area contributed by atoms with Crippen molar-refractivity contribution in [2.75, 3.05) is 0 Å². The van der Waals surface area contributed by atoms with Crippen LogP contribution < -0.4 is 0 Å². The fourth-order valence-electron chi connectivity index (χ4n) is 1.99. The number of aromatic nitrogens is 3. The van der Waals surface area contributed by atoms with Gasteiger partial charge in [0.25, 0.3) is 0 Å². The van der Waals surface area contributed by atoms with E-state index in [4.69, 9.17) is 0 Å². The van der Waals surface area contributed by atoms with Crippen molar-refractivity contribution in [3.63, 3.8) is 0 Å². The summed E-state index contributed by atoms with van der Waals surface area (Å²) in [5.41, 5.74) is 1.53. The quantitative estimate of drug-likeness (QED) is 0.500. The van der Waals surface area contributed by atoms with E-state index in [9.17, 15) is 4.79 Å². The molecular formula is C14H25N3O. The first-order chi connectivity index (χ1) is 8.69. The van der Waals surface area contributed by atoms with Gasteiger partial charge in [-0.25, -0.2) is 4.68 Å². The fourth-order valence-corrected chi connectivity index (χ4v) is 1.99. The van der Waals surface area contributed by atoms with Crippen molar-refractivity contribution in [3.05, 3.63) is 11.4 Å².